The van der Waals surface area contributed by atoms with Crippen molar-refractivity contribution in [2.75, 3.05) is 5.32 Å². The summed E-state index contributed by atoms with van der Waals surface area (Å²) in [6, 6.07) is 19.0. The number of halogens is 2. The van der Waals surface area contributed by atoms with Crippen LogP contribution in [0.1, 0.15) is 5.76 Å². The third kappa shape index (κ3) is 4.18. The SMILES string of the molecule is Clc1ccc(-c2nnc(-c3ccc(Br)cc3)c(NCc3ccco3)n2)cc1. The van der Waals surface area contributed by atoms with Crippen molar-refractivity contribution in [2.45, 2.75) is 6.54 Å². The molecule has 0 atom stereocenters. The molecule has 0 aliphatic rings. The second-order valence-electron chi connectivity index (χ2n) is 5.78. The lowest BCUT2D eigenvalue weighted by atomic mass is 10.1. The van der Waals surface area contributed by atoms with Crippen molar-refractivity contribution in [3.05, 3.63) is 82.2 Å². The molecule has 1 N–H and O–H groups in total. The van der Waals surface area contributed by atoms with Gasteiger partial charge in [0.15, 0.2) is 11.6 Å². The van der Waals surface area contributed by atoms with Gasteiger partial charge in [-0.05, 0) is 48.5 Å². The minimum absolute atomic E-state index is 0.495. The number of aromatic nitrogens is 3. The number of nitrogens with zero attached hydrogens (tertiary/aromatic N) is 3. The second-order valence-corrected chi connectivity index (χ2v) is 7.13. The van der Waals surface area contributed by atoms with Gasteiger partial charge in [0.05, 0.1) is 12.8 Å². The topological polar surface area (TPSA) is 63.8 Å². The molecule has 2 aromatic carbocycles. The van der Waals surface area contributed by atoms with Crippen LogP contribution in [0.4, 0.5) is 5.82 Å². The van der Waals surface area contributed by atoms with Gasteiger partial charge in [-0.3, -0.25) is 0 Å². The summed E-state index contributed by atoms with van der Waals surface area (Å²) < 4.78 is 6.39. The fraction of sp³-hybridized carbons (Fsp3) is 0.0500. The predicted molar refractivity (Wildman–Crippen MR) is 109 cm³/mol. The van der Waals surface area contributed by atoms with E-state index in [-0.39, 0.29) is 0 Å². The van der Waals surface area contributed by atoms with Crippen LogP contribution < -0.4 is 5.32 Å². The van der Waals surface area contributed by atoms with E-state index < -0.39 is 0 Å². The molecule has 0 unspecified atom stereocenters. The molecular formula is C20H14BrClN4O. The van der Waals surface area contributed by atoms with Gasteiger partial charge in [0.1, 0.15) is 11.5 Å². The molecule has 2 aromatic heterocycles. The van der Waals surface area contributed by atoms with E-state index in [0.29, 0.717) is 28.9 Å². The maximum absolute atomic E-state index is 5.97. The van der Waals surface area contributed by atoms with E-state index in [1.807, 2.05) is 48.5 Å². The first-order valence-electron chi connectivity index (χ1n) is 8.22. The van der Waals surface area contributed by atoms with E-state index in [1.54, 1.807) is 18.4 Å². The zero-order chi connectivity index (χ0) is 18.6. The smallest absolute Gasteiger partial charge is 0.183 e. The Labute approximate surface area is 169 Å². The Morgan fingerprint density at radius 2 is 1.67 bits per heavy atom. The summed E-state index contributed by atoms with van der Waals surface area (Å²) >= 11 is 9.42. The minimum Gasteiger partial charge on any atom is -0.467 e. The van der Waals surface area contributed by atoms with Crippen LogP contribution in [-0.4, -0.2) is 15.2 Å². The molecule has 0 saturated carbocycles. The molecule has 0 spiro atoms. The Hall–Kier alpha value is -2.70. The molecule has 4 aromatic rings. The molecule has 2 heterocycles. The Morgan fingerprint density at radius 3 is 2.37 bits per heavy atom. The summed E-state index contributed by atoms with van der Waals surface area (Å²) in [4.78, 5) is 4.69. The summed E-state index contributed by atoms with van der Waals surface area (Å²) in [5.41, 5.74) is 2.44. The minimum atomic E-state index is 0.495. The van der Waals surface area contributed by atoms with Gasteiger partial charge in [-0.15, -0.1) is 10.2 Å². The van der Waals surface area contributed by atoms with Crippen molar-refractivity contribution >= 4 is 33.3 Å². The van der Waals surface area contributed by atoms with Crippen molar-refractivity contribution in [1.82, 2.24) is 15.2 Å². The average molecular weight is 442 g/mol. The highest BCUT2D eigenvalue weighted by atomic mass is 79.9. The first kappa shape index (κ1) is 17.7. The van der Waals surface area contributed by atoms with E-state index in [1.165, 1.54) is 0 Å². The van der Waals surface area contributed by atoms with Crippen LogP contribution in [0.5, 0.6) is 0 Å². The Balaban J connectivity index is 1.72. The first-order valence-corrected chi connectivity index (χ1v) is 9.39. The van der Waals surface area contributed by atoms with Gasteiger partial charge < -0.3 is 9.73 Å². The van der Waals surface area contributed by atoms with Crippen LogP contribution in [-0.2, 0) is 6.54 Å². The van der Waals surface area contributed by atoms with Crippen LogP contribution in [0.15, 0.2) is 75.8 Å². The molecule has 0 bridgehead atoms. The Bertz CT molecular complexity index is 1030. The normalized spacial score (nSPS) is 10.7. The summed E-state index contributed by atoms with van der Waals surface area (Å²) in [7, 11) is 0. The number of furan rings is 1. The molecule has 0 radical (unpaired) electrons. The van der Waals surface area contributed by atoms with Gasteiger partial charge in [-0.2, -0.15) is 0 Å². The predicted octanol–water partition coefficient (Wildman–Crippen LogP) is 5.83. The van der Waals surface area contributed by atoms with E-state index in [9.17, 15) is 0 Å². The van der Waals surface area contributed by atoms with Crippen molar-refractivity contribution in [2.24, 2.45) is 0 Å². The van der Waals surface area contributed by atoms with Gasteiger partial charge in [0.25, 0.3) is 0 Å². The maximum atomic E-state index is 5.97. The first-order chi connectivity index (χ1) is 13.2. The molecular weight excluding hydrogens is 428 g/mol. The highest BCUT2D eigenvalue weighted by Crippen LogP contribution is 2.28. The molecule has 0 aliphatic carbocycles. The molecule has 0 aliphatic heterocycles. The van der Waals surface area contributed by atoms with Gasteiger partial charge in [-0.1, -0.05) is 39.7 Å². The fourth-order valence-electron chi connectivity index (χ4n) is 2.56. The highest BCUT2D eigenvalue weighted by molar-refractivity contribution is 9.10. The fourth-order valence-corrected chi connectivity index (χ4v) is 2.95. The third-order valence-electron chi connectivity index (χ3n) is 3.92. The van der Waals surface area contributed by atoms with Crippen LogP contribution in [0.3, 0.4) is 0 Å². The lowest BCUT2D eigenvalue weighted by molar-refractivity contribution is 0.518. The number of benzene rings is 2. The van der Waals surface area contributed by atoms with Gasteiger partial charge >= 0.3 is 0 Å². The molecule has 0 amide bonds. The van der Waals surface area contributed by atoms with Gasteiger partial charge in [-0.25, -0.2) is 4.98 Å². The van der Waals surface area contributed by atoms with Gasteiger partial charge in [0.2, 0.25) is 0 Å². The quantitative estimate of drug-likeness (QED) is 0.422. The lowest BCUT2D eigenvalue weighted by Crippen LogP contribution is -2.06. The Morgan fingerprint density at radius 1 is 0.926 bits per heavy atom. The Kier molecular flexibility index (Phi) is 5.18. The van der Waals surface area contributed by atoms with Crippen molar-refractivity contribution in [1.29, 1.82) is 0 Å². The van der Waals surface area contributed by atoms with Gasteiger partial charge in [0, 0.05) is 20.6 Å². The van der Waals surface area contributed by atoms with Crippen LogP contribution in [0, 0.1) is 0 Å². The molecule has 0 fully saturated rings. The third-order valence-corrected chi connectivity index (χ3v) is 4.70. The maximum Gasteiger partial charge on any atom is 0.183 e. The van der Waals surface area contributed by atoms with E-state index >= 15 is 0 Å². The van der Waals surface area contributed by atoms with Crippen molar-refractivity contribution < 1.29 is 4.42 Å². The number of hydrogen-bond acceptors (Lipinski definition) is 5. The summed E-state index contributed by atoms with van der Waals surface area (Å²) in [6.45, 7) is 0.495. The summed E-state index contributed by atoms with van der Waals surface area (Å²) in [5, 5.41) is 12.7. The molecule has 7 heteroatoms. The monoisotopic (exact) mass is 440 g/mol. The van der Waals surface area contributed by atoms with E-state index in [4.69, 9.17) is 16.0 Å². The highest BCUT2D eigenvalue weighted by Gasteiger charge is 2.13. The molecule has 0 saturated heterocycles. The molecule has 27 heavy (non-hydrogen) atoms. The van der Waals surface area contributed by atoms with Crippen molar-refractivity contribution in [3.63, 3.8) is 0 Å². The van der Waals surface area contributed by atoms with Crippen LogP contribution in [0.2, 0.25) is 5.02 Å². The number of anilines is 1. The summed E-state index contributed by atoms with van der Waals surface area (Å²) in [5.74, 6) is 1.96. The standard InChI is InChI=1S/C20H14BrClN4O/c21-15-7-3-13(4-8-15)18-20(23-12-17-2-1-11-27-17)24-19(26-25-18)14-5-9-16(22)10-6-14/h1-11H,12H2,(H,23,24,26). The number of rotatable bonds is 5. The zero-order valence-electron chi connectivity index (χ0n) is 14.1. The molecule has 5 nitrogen and oxygen atoms in total. The molecule has 4 rings (SSSR count). The largest absolute Gasteiger partial charge is 0.467 e. The number of hydrogen-bond donors (Lipinski definition) is 1. The average Bonchev–Trinajstić information content (AvgIpc) is 3.21. The second kappa shape index (κ2) is 7.90. The van der Waals surface area contributed by atoms with E-state index in [0.717, 1.165) is 21.4 Å². The summed E-state index contributed by atoms with van der Waals surface area (Å²) in [6.07, 6.45) is 1.64. The van der Waals surface area contributed by atoms with E-state index in [2.05, 4.69) is 36.4 Å². The lowest BCUT2D eigenvalue weighted by Gasteiger charge is -2.11. The molecule has 134 valence electrons. The number of nitrogens with one attached hydrogen (secondary N) is 1. The zero-order valence-corrected chi connectivity index (χ0v) is 16.4. The van der Waals surface area contributed by atoms with Crippen molar-refractivity contribution in [3.8, 4) is 22.6 Å². The van der Waals surface area contributed by atoms with Crippen LogP contribution in [0.25, 0.3) is 22.6 Å². The van der Waals surface area contributed by atoms with Crippen LogP contribution >= 0.6 is 27.5 Å².